The van der Waals surface area contributed by atoms with Crippen LogP contribution in [0.15, 0.2) is 42.5 Å². The molecule has 20 heavy (non-hydrogen) atoms. The number of nitrogens with two attached hydrogens (primary N) is 1. The van der Waals surface area contributed by atoms with Crippen LogP contribution in [-0.4, -0.2) is 5.91 Å². The standard InChI is InChI=1S/C14H12ClFN2O2/c15-12-6-5-10(7-13(12)16)20-8-9-3-1-2-4-11(9)14(19)18-17/h1-7H,8,17H2,(H,18,19). The molecule has 104 valence electrons. The second-order valence-electron chi connectivity index (χ2n) is 4.00. The molecule has 0 aliphatic rings. The van der Waals surface area contributed by atoms with Gasteiger partial charge in [-0.05, 0) is 18.2 Å². The van der Waals surface area contributed by atoms with Crippen LogP contribution in [0.25, 0.3) is 0 Å². The van der Waals surface area contributed by atoms with Crippen LogP contribution in [0.4, 0.5) is 4.39 Å². The first-order valence-electron chi connectivity index (χ1n) is 5.78. The summed E-state index contributed by atoms with van der Waals surface area (Å²) in [6, 6.07) is 11.0. The fraction of sp³-hybridized carbons (Fsp3) is 0.0714. The molecule has 0 aromatic heterocycles. The van der Waals surface area contributed by atoms with E-state index < -0.39 is 11.7 Å². The average molecular weight is 295 g/mol. The van der Waals surface area contributed by atoms with Gasteiger partial charge in [0.25, 0.3) is 5.91 Å². The van der Waals surface area contributed by atoms with Crippen molar-refractivity contribution >= 4 is 17.5 Å². The minimum absolute atomic E-state index is 0.0280. The molecule has 0 heterocycles. The van der Waals surface area contributed by atoms with Gasteiger partial charge >= 0.3 is 0 Å². The third-order valence-corrected chi connectivity index (χ3v) is 2.99. The molecule has 1 amide bonds. The molecular formula is C14H12ClFN2O2. The number of amides is 1. The largest absolute Gasteiger partial charge is 0.489 e. The minimum atomic E-state index is -0.558. The molecule has 0 bridgehead atoms. The van der Waals surface area contributed by atoms with E-state index in [1.807, 2.05) is 0 Å². The zero-order valence-electron chi connectivity index (χ0n) is 10.4. The third-order valence-electron chi connectivity index (χ3n) is 2.68. The zero-order valence-corrected chi connectivity index (χ0v) is 11.2. The Hall–Kier alpha value is -2.11. The van der Waals surface area contributed by atoms with Crippen LogP contribution in [0.2, 0.25) is 5.02 Å². The molecule has 2 rings (SSSR count). The van der Waals surface area contributed by atoms with Crippen LogP contribution in [0.1, 0.15) is 15.9 Å². The summed E-state index contributed by atoms with van der Waals surface area (Å²) in [7, 11) is 0. The van der Waals surface area contributed by atoms with Crippen LogP contribution in [-0.2, 0) is 6.61 Å². The Balaban J connectivity index is 2.14. The monoisotopic (exact) mass is 294 g/mol. The molecule has 2 aromatic rings. The number of hydrogen-bond donors (Lipinski definition) is 2. The molecule has 4 nitrogen and oxygen atoms in total. The molecule has 0 radical (unpaired) electrons. The van der Waals surface area contributed by atoms with Gasteiger partial charge in [0.15, 0.2) is 0 Å². The summed E-state index contributed by atoms with van der Waals surface area (Å²) >= 11 is 5.59. The number of nitrogen functional groups attached to an aromatic ring is 1. The number of nitrogens with one attached hydrogen (secondary N) is 1. The molecule has 0 aliphatic carbocycles. The second-order valence-corrected chi connectivity index (χ2v) is 4.40. The van der Waals surface area contributed by atoms with Gasteiger partial charge in [-0.15, -0.1) is 0 Å². The van der Waals surface area contributed by atoms with Gasteiger partial charge in [-0.2, -0.15) is 0 Å². The Kier molecular flexibility index (Phi) is 4.55. The number of rotatable bonds is 4. The van der Waals surface area contributed by atoms with E-state index >= 15 is 0 Å². The highest BCUT2D eigenvalue weighted by molar-refractivity contribution is 6.30. The Labute approximate surface area is 120 Å². The second kappa shape index (κ2) is 6.36. The summed E-state index contributed by atoms with van der Waals surface area (Å²) in [6.45, 7) is 0.116. The van der Waals surface area contributed by atoms with Crippen molar-refractivity contribution in [2.75, 3.05) is 0 Å². The number of benzene rings is 2. The Bertz CT molecular complexity index is 634. The van der Waals surface area contributed by atoms with E-state index in [0.717, 1.165) is 0 Å². The molecule has 0 saturated heterocycles. The van der Waals surface area contributed by atoms with Gasteiger partial charge in [0.1, 0.15) is 18.2 Å². The normalized spacial score (nSPS) is 10.2. The molecule has 0 aliphatic heterocycles. The van der Waals surface area contributed by atoms with Crippen LogP contribution >= 0.6 is 11.6 Å². The van der Waals surface area contributed by atoms with Crippen molar-refractivity contribution in [3.8, 4) is 5.75 Å². The van der Waals surface area contributed by atoms with Gasteiger partial charge in [-0.1, -0.05) is 29.8 Å². The molecule has 2 aromatic carbocycles. The number of halogens is 2. The molecule has 0 unspecified atom stereocenters. The molecule has 0 spiro atoms. The maximum Gasteiger partial charge on any atom is 0.265 e. The van der Waals surface area contributed by atoms with Gasteiger partial charge in [-0.25, -0.2) is 10.2 Å². The van der Waals surface area contributed by atoms with Crippen LogP contribution < -0.4 is 16.0 Å². The maximum absolute atomic E-state index is 13.3. The van der Waals surface area contributed by atoms with E-state index in [0.29, 0.717) is 16.9 Å². The maximum atomic E-state index is 13.3. The molecule has 0 saturated carbocycles. The van der Waals surface area contributed by atoms with Crippen molar-refractivity contribution in [2.24, 2.45) is 5.84 Å². The number of carbonyl (C=O) groups excluding carboxylic acids is 1. The SMILES string of the molecule is NNC(=O)c1ccccc1COc1ccc(Cl)c(F)c1. The van der Waals surface area contributed by atoms with Crippen LogP contribution in [0.5, 0.6) is 5.75 Å². The van der Waals surface area contributed by atoms with Crippen molar-refractivity contribution in [1.29, 1.82) is 0 Å². The highest BCUT2D eigenvalue weighted by atomic mass is 35.5. The van der Waals surface area contributed by atoms with Gasteiger partial charge in [-0.3, -0.25) is 10.2 Å². The lowest BCUT2D eigenvalue weighted by Gasteiger charge is -2.10. The summed E-state index contributed by atoms with van der Waals surface area (Å²) in [5, 5.41) is 0.0280. The Morgan fingerprint density at radius 3 is 2.75 bits per heavy atom. The topological polar surface area (TPSA) is 64.3 Å². The highest BCUT2D eigenvalue weighted by Crippen LogP contribution is 2.21. The van der Waals surface area contributed by atoms with Crippen molar-refractivity contribution in [3.05, 3.63) is 64.4 Å². The highest BCUT2D eigenvalue weighted by Gasteiger charge is 2.10. The molecule has 0 atom stereocenters. The first kappa shape index (κ1) is 14.3. The zero-order chi connectivity index (χ0) is 14.5. The van der Waals surface area contributed by atoms with Gasteiger partial charge < -0.3 is 4.74 Å². The fourth-order valence-electron chi connectivity index (χ4n) is 1.67. The predicted octanol–water partition coefficient (Wildman–Crippen LogP) is 2.66. The molecular weight excluding hydrogens is 283 g/mol. The quantitative estimate of drug-likeness (QED) is 0.518. The van der Waals surface area contributed by atoms with E-state index in [1.54, 1.807) is 30.3 Å². The number of ether oxygens (including phenoxy) is 1. The van der Waals surface area contributed by atoms with E-state index in [-0.39, 0.29) is 11.6 Å². The number of hydrazine groups is 1. The van der Waals surface area contributed by atoms with Crippen molar-refractivity contribution in [1.82, 2.24) is 5.43 Å². The van der Waals surface area contributed by atoms with Gasteiger partial charge in [0.2, 0.25) is 0 Å². The number of carbonyl (C=O) groups is 1. The summed E-state index contributed by atoms with van der Waals surface area (Å²) in [5.74, 6) is 4.47. The summed E-state index contributed by atoms with van der Waals surface area (Å²) < 4.78 is 18.7. The minimum Gasteiger partial charge on any atom is -0.489 e. The van der Waals surface area contributed by atoms with Crippen LogP contribution in [0.3, 0.4) is 0 Å². The van der Waals surface area contributed by atoms with E-state index in [4.69, 9.17) is 22.2 Å². The summed E-state index contributed by atoms with van der Waals surface area (Å²) in [6.07, 6.45) is 0. The van der Waals surface area contributed by atoms with E-state index in [2.05, 4.69) is 5.43 Å². The lowest BCUT2D eigenvalue weighted by Crippen LogP contribution is -2.30. The van der Waals surface area contributed by atoms with E-state index in [9.17, 15) is 9.18 Å². The van der Waals surface area contributed by atoms with Crippen LogP contribution in [0, 0.1) is 5.82 Å². The first-order valence-corrected chi connectivity index (χ1v) is 6.16. The fourth-order valence-corrected chi connectivity index (χ4v) is 1.79. The average Bonchev–Trinajstić information content (AvgIpc) is 2.48. The smallest absolute Gasteiger partial charge is 0.265 e. The summed E-state index contributed by atoms with van der Waals surface area (Å²) in [4.78, 5) is 11.6. The Morgan fingerprint density at radius 2 is 2.05 bits per heavy atom. The Morgan fingerprint density at radius 1 is 1.30 bits per heavy atom. The van der Waals surface area contributed by atoms with Crippen molar-refractivity contribution < 1.29 is 13.9 Å². The third kappa shape index (κ3) is 3.26. The lowest BCUT2D eigenvalue weighted by molar-refractivity contribution is 0.0951. The molecule has 3 N–H and O–H groups in total. The van der Waals surface area contributed by atoms with Crippen molar-refractivity contribution in [3.63, 3.8) is 0 Å². The summed E-state index contributed by atoms with van der Waals surface area (Å²) in [5.41, 5.74) is 3.12. The number of hydrogen-bond acceptors (Lipinski definition) is 3. The molecule has 6 heteroatoms. The predicted molar refractivity (Wildman–Crippen MR) is 73.8 cm³/mol. The lowest BCUT2D eigenvalue weighted by atomic mass is 10.1. The van der Waals surface area contributed by atoms with Gasteiger partial charge in [0.05, 0.1) is 5.02 Å². The van der Waals surface area contributed by atoms with Crippen molar-refractivity contribution in [2.45, 2.75) is 6.61 Å². The van der Waals surface area contributed by atoms with E-state index in [1.165, 1.54) is 12.1 Å². The molecule has 0 fully saturated rings. The first-order chi connectivity index (χ1) is 9.61. The van der Waals surface area contributed by atoms with Gasteiger partial charge in [0, 0.05) is 17.2 Å².